The fourth-order valence-electron chi connectivity index (χ4n) is 5.47. The van der Waals surface area contributed by atoms with Crippen LogP contribution in [-0.2, 0) is 25.7 Å². The Labute approximate surface area is 219 Å². The second-order valence-corrected chi connectivity index (χ2v) is 10.3. The van der Waals surface area contributed by atoms with Crippen LogP contribution in [0.4, 0.5) is 5.69 Å². The Balaban J connectivity index is 1.33. The van der Waals surface area contributed by atoms with Gasteiger partial charge in [-0.3, -0.25) is 14.9 Å². The molecule has 202 valence electrons. The van der Waals surface area contributed by atoms with E-state index in [0.29, 0.717) is 57.4 Å². The fourth-order valence-corrected chi connectivity index (χ4v) is 5.47. The normalized spacial score (nSPS) is 17.8. The third-order valence-corrected chi connectivity index (χ3v) is 7.51. The smallest absolute Gasteiger partial charge is 0.328 e. The van der Waals surface area contributed by atoms with E-state index in [9.17, 15) is 14.4 Å². The average Bonchev–Trinajstić information content (AvgIpc) is 3.27. The number of hydrogen-bond donors (Lipinski definition) is 1. The molecule has 0 bridgehead atoms. The van der Waals surface area contributed by atoms with Crippen LogP contribution in [0.3, 0.4) is 0 Å². The molecular formula is C28H40N4O5. The number of aliphatic imine (C=N–C) groups is 1. The summed E-state index contributed by atoms with van der Waals surface area (Å²) in [7, 11) is 1.40. The molecule has 2 amide bonds. The number of carbonyl (C=O) groups excluding carboxylic acids is 3. The Morgan fingerprint density at radius 2 is 2.00 bits per heavy atom. The van der Waals surface area contributed by atoms with Crippen LogP contribution < -0.4 is 10.1 Å². The van der Waals surface area contributed by atoms with Gasteiger partial charge >= 0.3 is 5.97 Å². The summed E-state index contributed by atoms with van der Waals surface area (Å²) in [4.78, 5) is 45.9. The number of esters is 1. The number of hydrogen-bond acceptors (Lipinski definition) is 7. The number of rotatable bonds is 12. The van der Waals surface area contributed by atoms with E-state index in [1.807, 2.05) is 23.1 Å². The molecule has 1 aliphatic carbocycles. The first kappa shape index (κ1) is 26.9. The number of nitrogens with one attached hydrogen (secondary N) is 1. The van der Waals surface area contributed by atoms with Crippen molar-refractivity contribution in [1.82, 2.24) is 15.1 Å². The largest absolute Gasteiger partial charge is 0.494 e. The maximum absolute atomic E-state index is 13.4. The van der Waals surface area contributed by atoms with Gasteiger partial charge in [-0.05, 0) is 49.8 Å². The van der Waals surface area contributed by atoms with Crippen LogP contribution in [0.1, 0.15) is 76.7 Å². The number of guanidine groups is 1. The summed E-state index contributed by atoms with van der Waals surface area (Å²) in [5.41, 5.74) is 1.83. The van der Waals surface area contributed by atoms with Crippen LogP contribution in [0.15, 0.2) is 23.2 Å². The Hall–Kier alpha value is -3.10. The quantitative estimate of drug-likeness (QED) is 0.337. The van der Waals surface area contributed by atoms with Crippen molar-refractivity contribution in [2.75, 3.05) is 26.8 Å². The van der Waals surface area contributed by atoms with Crippen LogP contribution in [0.2, 0.25) is 0 Å². The first-order valence-corrected chi connectivity index (χ1v) is 13.7. The molecule has 37 heavy (non-hydrogen) atoms. The van der Waals surface area contributed by atoms with Crippen molar-refractivity contribution in [2.45, 2.75) is 83.7 Å². The number of carbonyl (C=O) groups is 3. The molecule has 1 unspecified atom stereocenters. The summed E-state index contributed by atoms with van der Waals surface area (Å²) in [6.07, 6.45) is 9.22. The van der Waals surface area contributed by atoms with Crippen molar-refractivity contribution >= 4 is 29.4 Å². The first-order chi connectivity index (χ1) is 18.0. The van der Waals surface area contributed by atoms with E-state index in [4.69, 9.17) is 9.47 Å². The molecular weight excluding hydrogens is 472 g/mol. The molecule has 1 saturated heterocycles. The molecule has 1 aromatic rings. The van der Waals surface area contributed by atoms with Crippen LogP contribution in [-0.4, -0.2) is 66.4 Å². The summed E-state index contributed by atoms with van der Waals surface area (Å²) in [6, 6.07) is 5.20. The predicted octanol–water partition coefficient (Wildman–Crippen LogP) is 3.92. The molecule has 1 atom stereocenters. The van der Waals surface area contributed by atoms with Crippen LogP contribution >= 0.6 is 0 Å². The van der Waals surface area contributed by atoms with E-state index in [1.165, 1.54) is 26.4 Å². The van der Waals surface area contributed by atoms with Crippen LogP contribution in [0, 0.1) is 5.92 Å². The molecule has 1 N–H and O–H groups in total. The Kier molecular flexibility index (Phi) is 9.41. The van der Waals surface area contributed by atoms with Crippen molar-refractivity contribution in [3.63, 3.8) is 0 Å². The van der Waals surface area contributed by atoms with Crippen molar-refractivity contribution < 1.29 is 23.9 Å². The first-order valence-electron chi connectivity index (χ1n) is 13.7. The summed E-state index contributed by atoms with van der Waals surface area (Å²) in [5.74, 6) is 1.41. The molecule has 1 saturated carbocycles. The van der Waals surface area contributed by atoms with Gasteiger partial charge in [0, 0.05) is 25.1 Å². The molecule has 1 aromatic carbocycles. The molecule has 2 heterocycles. The molecule has 2 aliphatic heterocycles. The number of ether oxygens (including phenoxy) is 2. The van der Waals surface area contributed by atoms with Gasteiger partial charge in [-0.15, -0.1) is 0 Å². The number of amides is 2. The molecule has 2 fully saturated rings. The minimum absolute atomic E-state index is 0.000755. The minimum atomic E-state index is -0.515. The minimum Gasteiger partial charge on any atom is -0.494 e. The van der Waals surface area contributed by atoms with Gasteiger partial charge in [0.2, 0.25) is 17.8 Å². The van der Waals surface area contributed by atoms with E-state index in [0.717, 1.165) is 42.7 Å². The average molecular weight is 513 g/mol. The zero-order chi connectivity index (χ0) is 26.2. The van der Waals surface area contributed by atoms with E-state index >= 15 is 0 Å². The molecule has 3 aliphatic rings. The molecule has 0 spiro atoms. The maximum Gasteiger partial charge on any atom is 0.328 e. The highest BCUT2D eigenvalue weighted by Crippen LogP contribution is 2.31. The van der Waals surface area contributed by atoms with E-state index in [2.05, 4.69) is 17.2 Å². The number of methoxy groups -OCH3 is 1. The molecule has 0 radical (unpaired) electrons. The van der Waals surface area contributed by atoms with E-state index in [-0.39, 0.29) is 17.8 Å². The zero-order valence-corrected chi connectivity index (χ0v) is 22.2. The van der Waals surface area contributed by atoms with Gasteiger partial charge in [-0.1, -0.05) is 39.0 Å². The van der Waals surface area contributed by atoms with Crippen molar-refractivity contribution in [2.24, 2.45) is 10.9 Å². The van der Waals surface area contributed by atoms with Crippen LogP contribution in [0.25, 0.3) is 0 Å². The number of fused-ring (bicyclic) bond motifs is 2. The lowest BCUT2D eigenvalue weighted by Crippen LogP contribution is -2.48. The van der Waals surface area contributed by atoms with Gasteiger partial charge in [0.1, 0.15) is 18.3 Å². The fraction of sp³-hybridized carbons (Fsp3) is 0.643. The summed E-state index contributed by atoms with van der Waals surface area (Å²) in [5, 5.41) is 2.77. The van der Waals surface area contributed by atoms with Crippen molar-refractivity contribution in [1.29, 1.82) is 0 Å². The third kappa shape index (κ3) is 7.02. The summed E-state index contributed by atoms with van der Waals surface area (Å²) < 4.78 is 11.1. The topological polar surface area (TPSA) is 101 Å². The van der Waals surface area contributed by atoms with E-state index in [1.54, 1.807) is 4.90 Å². The summed E-state index contributed by atoms with van der Waals surface area (Å²) in [6.45, 7) is 4.04. The molecule has 4 rings (SSSR count). The number of benzene rings is 1. The van der Waals surface area contributed by atoms with Gasteiger partial charge in [0.25, 0.3) is 0 Å². The highest BCUT2D eigenvalue weighted by Gasteiger charge is 2.32. The third-order valence-electron chi connectivity index (χ3n) is 7.51. The molecule has 9 nitrogen and oxygen atoms in total. The SMILES string of the molecule is CCCCC(C(=O)OC)N(CC1CCCCC1)C(=O)CCCOc1ccc2c(c1)CN1CC(=O)NC1=N2. The standard InChI is InChI=1S/C28H40N4O5/c1-3-4-11-24(27(35)36-2)32(17-20-9-6-5-7-10-20)26(34)12-8-15-37-22-13-14-23-21(16-22)18-31-19-25(33)30-28(31)29-23/h13-14,16,20,24H,3-12,15,17-19H2,1-2H3,(H,29,30,33). The summed E-state index contributed by atoms with van der Waals surface area (Å²) >= 11 is 0. The lowest BCUT2D eigenvalue weighted by molar-refractivity contribution is -0.154. The predicted molar refractivity (Wildman–Crippen MR) is 140 cm³/mol. The highest BCUT2D eigenvalue weighted by atomic mass is 16.5. The van der Waals surface area contributed by atoms with Crippen molar-refractivity contribution in [3.8, 4) is 5.75 Å². The Morgan fingerprint density at radius 1 is 1.19 bits per heavy atom. The van der Waals surface area contributed by atoms with Gasteiger partial charge < -0.3 is 19.3 Å². The second kappa shape index (κ2) is 12.9. The van der Waals surface area contributed by atoms with E-state index < -0.39 is 6.04 Å². The zero-order valence-electron chi connectivity index (χ0n) is 22.2. The lowest BCUT2D eigenvalue weighted by atomic mass is 9.88. The highest BCUT2D eigenvalue weighted by molar-refractivity contribution is 6.05. The Morgan fingerprint density at radius 3 is 2.76 bits per heavy atom. The maximum atomic E-state index is 13.4. The van der Waals surface area contributed by atoms with Gasteiger partial charge in [0.15, 0.2) is 0 Å². The molecule has 9 heteroatoms. The number of unbranched alkanes of at least 4 members (excludes halogenated alkanes) is 1. The van der Waals surface area contributed by atoms with Crippen molar-refractivity contribution in [3.05, 3.63) is 23.8 Å². The van der Waals surface area contributed by atoms with Gasteiger partial charge in [-0.25, -0.2) is 9.79 Å². The monoisotopic (exact) mass is 512 g/mol. The lowest BCUT2D eigenvalue weighted by Gasteiger charge is -2.34. The molecule has 0 aromatic heterocycles. The Bertz CT molecular complexity index is 1000. The number of nitrogens with zero attached hydrogens (tertiary/aromatic N) is 3. The van der Waals surface area contributed by atoms with Gasteiger partial charge in [-0.2, -0.15) is 0 Å². The van der Waals surface area contributed by atoms with Gasteiger partial charge in [0.05, 0.1) is 19.4 Å². The van der Waals surface area contributed by atoms with Crippen LogP contribution in [0.5, 0.6) is 5.75 Å². The second-order valence-electron chi connectivity index (χ2n) is 10.3.